The Labute approximate surface area is 130 Å². The van der Waals surface area contributed by atoms with Crippen molar-refractivity contribution in [1.29, 1.82) is 0 Å². The Balaban J connectivity index is 2.14. The molecule has 0 bridgehead atoms. The van der Waals surface area contributed by atoms with E-state index in [9.17, 15) is 8.42 Å². The Bertz CT molecular complexity index is 693. The molecule has 0 aliphatic rings. The molecule has 0 aliphatic heterocycles. The summed E-state index contributed by atoms with van der Waals surface area (Å²) >= 11 is 1.58. The molecule has 0 spiro atoms. The average Bonchev–Trinajstić information content (AvgIpc) is 2.90. The summed E-state index contributed by atoms with van der Waals surface area (Å²) in [5.41, 5.74) is 2.93. The molecule has 0 aliphatic carbocycles. The number of aromatic nitrogens is 1. The SMILES string of the molecule is CCCCS(=O)(=O)NCc1ccccc1-c1nc(C)cs1. The van der Waals surface area contributed by atoms with Gasteiger partial charge in [0, 0.05) is 23.2 Å². The number of aryl methyl sites for hydroxylation is 1. The van der Waals surface area contributed by atoms with Gasteiger partial charge in [-0.15, -0.1) is 11.3 Å². The molecule has 0 saturated heterocycles. The van der Waals surface area contributed by atoms with Gasteiger partial charge in [0.1, 0.15) is 5.01 Å². The Morgan fingerprint density at radius 2 is 2.05 bits per heavy atom. The number of thiazole rings is 1. The van der Waals surface area contributed by atoms with E-state index >= 15 is 0 Å². The van der Waals surface area contributed by atoms with E-state index in [-0.39, 0.29) is 5.75 Å². The lowest BCUT2D eigenvalue weighted by molar-refractivity contribution is 0.578. The van der Waals surface area contributed by atoms with Crippen LogP contribution in [0.1, 0.15) is 31.0 Å². The second kappa shape index (κ2) is 7.15. The van der Waals surface area contributed by atoms with Crippen LogP contribution in [-0.4, -0.2) is 19.2 Å². The lowest BCUT2D eigenvalue weighted by Gasteiger charge is -2.09. The standard InChI is InChI=1S/C15H20N2O2S2/c1-3-4-9-21(18,19)16-10-13-7-5-6-8-14(13)15-17-12(2)11-20-15/h5-8,11,16H,3-4,9-10H2,1-2H3. The smallest absolute Gasteiger partial charge is 0.211 e. The number of unbranched alkanes of at least 4 members (excludes halogenated alkanes) is 1. The highest BCUT2D eigenvalue weighted by Gasteiger charge is 2.12. The number of benzene rings is 1. The molecule has 1 N–H and O–H groups in total. The molecule has 0 fully saturated rings. The number of sulfonamides is 1. The van der Waals surface area contributed by atoms with Crippen LogP contribution in [-0.2, 0) is 16.6 Å². The summed E-state index contributed by atoms with van der Waals surface area (Å²) < 4.78 is 26.5. The molecule has 0 amide bonds. The summed E-state index contributed by atoms with van der Waals surface area (Å²) in [6.07, 6.45) is 1.55. The molecule has 4 nitrogen and oxygen atoms in total. The van der Waals surface area contributed by atoms with Crippen LogP contribution >= 0.6 is 11.3 Å². The van der Waals surface area contributed by atoms with Crippen LogP contribution < -0.4 is 4.72 Å². The van der Waals surface area contributed by atoms with Crippen LogP contribution in [0.5, 0.6) is 0 Å². The summed E-state index contributed by atoms with van der Waals surface area (Å²) in [6.45, 7) is 4.24. The molecule has 1 aromatic heterocycles. The fourth-order valence-corrected chi connectivity index (χ4v) is 4.00. The Hall–Kier alpha value is -1.24. The molecule has 1 aromatic carbocycles. The quantitative estimate of drug-likeness (QED) is 0.850. The molecular weight excluding hydrogens is 304 g/mol. The third-order valence-electron chi connectivity index (χ3n) is 3.12. The van der Waals surface area contributed by atoms with Gasteiger partial charge < -0.3 is 0 Å². The van der Waals surface area contributed by atoms with Gasteiger partial charge in [-0.05, 0) is 18.9 Å². The van der Waals surface area contributed by atoms with Crippen LogP contribution in [0.25, 0.3) is 10.6 Å². The van der Waals surface area contributed by atoms with Crippen molar-refractivity contribution in [3.05, 3.63) is 40.9 Å². The molecule has 0 atom stereocenters. The van der Waals surface area contributed by atoms with Crippen LogP contribution in [0.15, 0.2) is 29.6 Å². The molecule has 114 valence electrons. The fourth-order valence-electron chi connectivity index (χ4n) is 1.96. The van der Waals surface area contributed by atoms with Crippen LogP contribution in [0.3, 0.4) is 0 Å². The number of nitrogens with zero attached hydrogens (tertiary/aromatic N) is 1. The number of hydrogen-bond acceptors (Lipinski definition) is 4. The normalized spacial score (nSPS) is 11.7. The van der Waals surface area contributed by atoms with Crippen LogP contribution in [0.2, 0.25) is 0 Å². The zero-order chi connectivity index (χ0) is 15.3. The van der Waals surface area contributed by atoms with Crippen molar-refractivity contribution in [2.24, 2.45) is 0 Å². The van der Waals surface area contributed by atoms with Gasteiger partial charge in [-0.2, -0.15) is 0 Å². The highest BCUT2D eigenvalue weighted by molar-refractivity contribution is 7.89. The lowest BCUT2D eigenvalue weighted by atomic mass is 10.1. The van der Waals surface area contributed by atoms with Gasteiger partial charge in [-0.1, -0.05) is 37.6 Å². The highest BCUT2D eigenvalue weighted by Crippen LogP contribution is 2.26. The van der Waals surface area contributed by atoms with E-state index in [1.807, 2.05) is 43.5 Å². The Morgan fingerprint density at radius 3 is 2.71 bits per heavy atom. The summed E-state index contributed by atoms with van der Waals surface area (Å²) in [4.78, 5) is 4.48. The van der Waals surface area contributed by atoms with Crippen molar-refractivity contribution in [3.8, 4) is 10.6 Å². The molecule has 0 radical (unpaired) electrons. The van der Waals surface area contributed by atoms with Gasteiger partial charge in [0.2, 0.25) is 10.0 Å². The Kier molecular flexibility index (Phi) is 5.50. The average molecular weight is 324 g/mol. The predicted molar refractivity (Wildman–Crippen MR) is 87.8 cm³/mol. The monoisotopic (exact) mass is 324 g/mol. The maximum absolute atomic E-state index is 11.9. The molecule has 0 saturated carbocycles. The molecule has 1 heterocycles. The third-order valence-corrected chi connectivity index (χ3v) is 5.52. The van der Waals surface area contributed by atoms with E-state index in [1.165, 1.54) is 0 Å². The molecular formula is C15H20N2O2S2. The van der Waals surface area contributed by atoms with Gasteiger partial charge in [0.15, 0.2) is 0 Å². The fraction of sp³-hybridized carbons (Fsp3) is 0.400. The first-order valence-corrected chi connectivity index (χ1v) is 9.53. The first kappa shape index (κ1) is 16.1. The van der Waals surface area contributed by atoms with E-state index in [4.69, 9.17) is 0 Å². The molecule has 0 unspecified atom stereocenters. The van der Waals surface area contributed by atoms with Crippen molar-refractivity contribution in [1.82, 2.24) is 9.71 Å². The van der Waals surface area contributed by atoms with Crippen LogP contribution in [0.4, 0.5) is 0 Å². The van der Waals surface area contributed by atoms with E-state index < -0.39 is 10.0 Å². The van der Waals surface area contributed by atoms with Gasteiger partial charge in [0.25, 0.3) is 0 Å². The first-order chi connectivity index (χ1) is 10.0. The lowest BCUT2D eigenvalue weighted by Crippen LogP contribution is -2.26. The highest BCUT2D eigenvalue weighted by atomic mass is 32.2. The van der Waals surface area contributed by atoms with Crippen molar-refractivity contribution in [2.75, 3.05) is 5.75 Å². The summed E-state index contributed by atoms with van der Waals surface area (Å²) in [5, 5.41) is 2.92. The number of nitrogens with one attached hydrogen (secondary N) is 1. The number of hydrogen-bond donors (Lipinski definition) is 1. The second-order valence-corrected chi connectivity index (χ2v) is 7.73. The van der Waals surface area contributed by atoms with E-state index in [0.29, 0.717) is 13.0 Å². The minimum Gasteiger partial charge on any atom is -0.241 e. The third kappa shape index (κ3) is 4.62. The van der Waals surface area contributed by atoms with Crippen LogP contribution in [0, 0.1) is 6.92 Å². The topological polar surface area (TPSA) is 59.1 Å². The largest absolute Gasteiger partial charge is 0.241 e. The Morgan fingerprint density at radius 1 is 1.29 bits per heavy atom. The predicted octanol–water partition coefficient (Wildman–Crippen LogP) is 3.34. The molecule has 6 heteroatoms. The van der Waals surface area contributed by atoms with E-state index in [1.54, 1.807) is 11.3 Å². The second-order valence-electron chi connectivity index (χ2n) is 4.94. The maximum Gasteiger partial charge on any atom is 0.211 e. The molecule has 2 aromatic rings. The van der Waals surface area contributed by atoms with Gasteiger partial charge >= 0.3 is 0 Å². The van der Waals surface area contributed by atoms with Crippen molar-refractivity contribution < 1.29 is 8.42 Å². The van der Waals surface area contributed by atoms with Gasteiger partial charge in [-0.25, -0.2) is 18.1 Å². The molecule has 2 rings (SSSR count). The van der Waals surface area contributed by atoms with E-state index in [2.05, 4.69) is 9.71 Å². The zero-order valence-corrected chi connectivity index (χ0v) is 13.9. The zero-order valence-electron chi connectivity index (χ0n) is 12.3. The molecule has 21 heavy (non-hydrogen) atoms. The summed E-state index contributed by atoms with van der Waals surface area (Å²) in [7, 11) is -3.20. The maximum atomic E-state index is 11.9. The van der Waals surface area contributed by atoms with Gasteiger partial charge in [-0.3, -0.25) is 0 Å². The van der Waals surface area contributed by atoms with Crippen molar-refractivity contribution in [3.63, 3.8) is 0 Å². The summed E-state index contributed by atoms with van der Waals surface area (Å²) in [5.74, 6) is 0.183. The van der Waals surface area contributed by atoms with Crippen molar-refractivity contribution >= 4 is 21.4 Å². The van der Waals surface area contributed by atoms with Gasteiger partial charge in [0.05, 0.1) is 5.75 Å². The van der Waals surface area contributed by atoms with E-state index in [0.717, 1.165) is 28.2 Å². The minimum atomic E-state index is -3.20. The summed E-state index contributed by atoms with van der Waals surface area (Å²) in [6, 6.07) is 7.78. The van der Waals surface area contributed by atoms with Crippen molar-refractivity contribution in [2.45, 2.75) is 33.2 Å². The number of rotatable bonds is 7. The first-order valence-electron chi connectivity index (χ1n) is 6.99. The minimum absolute atomic E-state index is 0.183.